The smallest absolute Gasteiger partial charge is 0.123 e. The molecule has 0 spiro atoms. The van der Waals surface area contributed by atoms with Gasteiger partial charge in [0.1, 0.15) is 17.6 Å². The summed E-state index contributed by atoms with van der Waals surface area (Å²) in [6, 6.07) is 8.28. The van der Waals surface area contributed by atoms with E-state index in [1.165, 1.54) is 12.8 Å². The minimum absolute atomic E-state index is 0.289. The van der Waals surface area contributed by atoms with E-state index in [4.69, 9.17) is 9.47 Å². The van der Waals surface area contributed by atoms with Gasteiger partial charge in [0.15, 0.2) is 0 Å². The number of ether oxygens (including phenoxy) is 2. The first kappa shape index (κ1) is 11.3. The minimum atomic E-state index is 0.289. The molecule has 3 heteroatoms. The second-order valence-corrected chi connectivity index (χ2v) is 4.16. The van der Waals surface area contributed by atoms with Crippen LogP contribution in [0.15, 0.2) is 24.3 Å². The summed E-state index contributed by atoms with van der Waals surface area (Å²) >= 11 is 0. The Morgan fingerprint density at radius 2 is 2.06 bits per heavy atom. The second-order valence-electron chi connectivity index (χ2n) is 4.16. The van der Waals surface area contributed by atoms with Gasteiger partial charge in [-0.1, -0.05) is 6.07 Å². The van der Waals surface area contributed by atoms with Crippen LogP contribution < -0.4 is 14.8 Å². The van der Waals surface area contributed by atoms with Gasteiger partial charge in [0.2, 0.25) is 0 Å². The Hall–Kier alpha value is -1.22. The third-order valence-corrected chi connectivity index (χ3v) is 3.15. The van der Waals surface area contributed by atoms with E-state index in [1.54, 1.807) is 7.11 Å². The molecule has 2 rings (SSSR count). The second kappa shape index (κ2) is 5.21. The number of rotatable bonds is 4. The summed E-state index contributed by atoms with van der Waals surface area (Å²) in [4.78, 5) is 0. The highest BCUT2D eigenvalue weighted by molar-refractivity contribution is 5.33. The van der Waals surface area contributed by atoms with Gasteiger partial charge in [0, 0.05) is 12.1 Å². The maximum Gasteiger partial charge on any atom is 0.123 e. The van der Waals surface area contributed by atoms with E-state index in [0.29, 0.717) is 6.04 Å². The minimum Gasteiger partial charge on any atom is -0.497 e. The van der Waals surface area contributed by atoms with Crippen molar-refractivity contribution in [3.05, 3.63) is 24.3 Å². The van der Waals surface area contributed by atoms with Crippen LogP contribution >= 0.6 is 0 Å². The van der Waals surface area contributed by atoms with Crippen LogP contribution in [0.3, 0.4) is 0 Å². The fraction of sp³-hybridized carbons (Fsp3) is 0.538. The summed E-state index contributed by atoms with van der Waals surface area (Å²) in [7, 11) is 3.67. The molecule has 0 saturated heterocycles. The zero-order valence-corrected chi connectivity index (χ0v) is 9.90. The first-order valence-electron chi connectivity index (χ1n) is 5.81. The van der Waals surface area contributed by atoms with E-state index < -0.39 is 0 Å². The molecule has 1 aliphatic carbocycles. The standard InChI is InChI=1S/C13H19NO2/c1-14-12-7-4-8-13(12)16-11-6-3-5-10(9-11)15-2/h3,5-6,9,12-14H,4,7-8H2,1-2H3. The number of benzene rings is 1. The zero-order chi connectivity index (χ0) is 11.4. The van der Waals surface area contributed by atoms with E-state index in [0.717, 1.165) is 17.9 Å². The molecule has 1 N–H and O–H groups in total. The molecule has 3 nitrogen and oxygen atoms in total. The van der Waals surface area contributed by atoms with Crippen molar-refractivity contribution in [2.45, 2.75) is 31.4 Å². The Kier molecular flexibility index (Phi) is 3.67. The van der Waals surface area contributed by atoms with Gasteiger partial charge in [0.05, 0.1) is 7.11 Å². The number of nitrogens with one attached hydrogen (secondary N) is 1. The maximum atomic E-state index is 5.98. The van der Waals surface area contributed by atoms with Crippen molar-refractivity contribution < 1.29 is 9.47 Å². The molecule has 1 saturated carbocycles. The SMILES string of the molecule is CNC1CCCC1Oc1cccc(OC)c1. The van der Waals surface area contributed by atoms with Crippen LogP contribution in [-0.2, 0) is 0 Å². The van der Waals surface area contributed by atoms with Crippen LogP contribution in [0, 0.1) is 0 Å². The van der Waals surface area contributed by atoms with Crippen LogP contribution in [-0.4, -0.2) is 26.3 Å². The molecule has 0 aromatic heterocycles. The largest absolute Gasteiger partial charge is 0.497 e. The van der Waals surface area contributed by atoms with Crippen molar-refractivity contribution in [3.8, 4) is 11.5 Å². The van der Waals surface area contributed by atoms with E-state index in [-0.39, 0.29) is 6.10 Å². The van der Waals surface area contributed by atoms with Gasteiger partial charge in [-0.3, -0.25) is 0 Å². The lowest BCUT2D eigenvalue weighted by Gasteiger charge is -2.20. The highest BCUT2D eigenvalue weighted by Crippen LogP contribution is 2.26. The Labute approximate surface area is 96.8 Å². The number of hydrogen-bond donors (Lipinski definition) is 1. The lowest BCUT2D eigenvalue weighted by molar-refractivity contribution is 0.178. The normalized spacial score (nSPS) is 24.4. The molecular weight excluding hydrogens is 202 g/mol. The average molecular weight is 221 g/mol. The van der Waals surface area contributed by atoms with Crippen molar-refractivity contribution in [1.29, 1.82) is 0 Å². The Morgan fingerprint density at radius 1 is 1.25 bits per heavy atom. The van der Waals surface area contributed by atoms with E-state index in [1.807, 2.05) is 31.3 Å². The molecule has 1 aromatic rings. The molecule has 88 valence electrons. The maximum absolute atomic E-state index is 5.98. The van der Waals surface area contributed by atoms with Crippen LogP contribution in [0.4, 0.5) is 0 Å². The highest BCUT2D eigenvalue weighted by atomic mass is 16.5. The first-order chi connectivity index (χ1) is 7.83. The Morgan fingerprint density at radius 3 is 2.81 bits per heavy atom. The summed E-state index contributed by atoms with van der Waals surface area (Å²) in [6.45, 7) is 0. The summed E-state index contributed by atoms with van der Waals surface area (Å²) in [6.07, 6.45) is 3.85. The lowest BCUT2D eigenvalue weighted by atomic mass is 10.2. The highest BCUT2D eigenvalue weighted by Gasteiger charge is 2.27. The molecule has 0 bridgehead atoms. The topological polar surface area (TPSA) is 30.5 Å². The fourth-order valence-corrected chi connectivity index (χ4v) is 2.25. The average Bonchev–Trinajstić information content (AvgIpc) is 2.76. The summed E-state index contributed by atoms with van der Waals surface area (Å²) in [5, 5.41) is 3.31. The molecule has 0 radical (unpaired) electrons. The monoisotopic (exact) mass is 221 g/mol. The molecule has 0 heterocycles. The van der Waals surface area contributed by atoms with E-state index >= 15 is 0 Å². The molecule has 1 aromatic carbocycles. The van der Waals surface area contributed by atoms with Gasteiger partial charge in [-0.05, 0) is 38.4 Å². The van der Waals surface area contributed by atoms with Gasteiger partial charge in [-0.2, -0.15) is 0 Å². The van der Waals surface area contributed by atoms with Crippen molar-refractivity contribution >= 4 is 0 Å². The number of hydrogen-bond acceptors (Lipinski definition) is 3. The van der Waals surface area contributed by atoms with Crippen molar-refractivity contribution in [1.82, 2.24) is 5.32 Å². The predicted octanol–water partition coefficient (Wildman–Crippen LogP) is 2.21. The fourth-order valence-electron chi connectivity index (χ4n) is 2.25. The number of likely N-dealkylation sites (N-methyl/N-ethyl adjacent to an activating group) is 1. The quantitative estimate of drug-likeness (QED) is 0.845. The van der Waals surface area contributed by atoms with E-state index in [2.05, 4.69) is 5.32 Å². The lowest BCUT2D eigenvalue weighted by Crippen LogP contribution is -2.36. The molecule has 2 unspecified atom stereocenters. The van der Waals surface area contributed by atoms with E-state index in [9.17, 15) is 0 Å². The molecular formula is C13H19NO2. The molecule has 1 aliphatic rings. The third kappa shape index (κ3) is 2.47. The summed E-state index contributed by atoms with van der Waals surface area (Å²) in [5.41, 5.74) is 0. The van der Waals surface area contributed by atoms with Crippen LogP contribution in [0.25, 0.3) is 0 Å². The summed E-state index contributed by atoms with van der Waals surface area (Å²) < 4.78 is 11.2. The zero-order valence-electron chi connectivity index (χ0n) is 9.90. The van der Waals surface area contributed by atoms with Gasteiger partial charge in [-0.15, -0.1) is 0 Å². The first-order valence-corrected chi connectivity index (χ1v) is 5.81. The Bertz CT molecular complexity index is 340. The van der Waals surface area contributed by atoms with Crippen LogP contribution in [0.2, 0.25) is 0 Å². The van der Waals surface area contributed by atoms with Crippen LogP contribution in [0.1, 0.15) is 19.3 Å². The number of methoxy groups -OCH3 is 1. The van der Waals surface area contributed by atoms with Crippen LogP contribution in [0.5, 0.6) is 11.5 Å². The van der Waals surface area contributed by atoms with Crippen molar-refractivity contribution in [2.24, 2.45) is 0 Å². The molecule has 0 aliphatic heterocycles. The van der Waals surface area contributed by atoms with Crippen molar-refractivity contribution in [3.63, 3.8) is 0 Å². The Balaban J connectivity index is 2.02. The van der Waals surface area contributed by atoms with Gasteiger partial charge < -0.3 is 14.8 Å². The van der Waals surface area contributed by atoms with Crippen molar-refractivity contribution in [2.75, 3.05) is 14.2 Å². The van der Waals surface area contributed by atoms with Gasteiger partial charge in [0.25, 0.3) is 0 Å². The summed E-state index contributed by atoms with van der Waals surface area (Å²) in [5.74, 6) is 1.74. The molecule has 1 fully saturated rings. The molecule has 0 amide bonds. The molecule has 2 atom stereocenters. The third-order valence-electron chi connectivity index (χ3n) is 3.15. The predicted molar refractivity (Wildman–Crippen MR) is 64.1 cm³/mol. The van der Waals surface area contributed by atoms with Gasteiger partial charge in [-0.25, -0.2) is 0 Å². The van der Waals surface area contributed by atoms with Gasteiger partial charge >= 0.3 is 0 Å². The molecule has 16 heavy (non-hydrogen) atoms.